The first-order valence-corrected chi connectivity index (χ1v) is 11.3. The first kappa shape index (κ1) is 20.7. The quantitative estimate of drug-likeness (QED) is 0.453. The Hall–Kier alpha value is -1.60. The van der Waals surface area contributed by atoms with Crippen molar-refractivity contribution >= 4 is 21.6 Å². The molecule has 0 saturated heterocycles. The van der Waals surface area contributed by atoms with Crippen LogP contribution >= 0.6 is 0 Å². The molecule has 1 saturated carbocycles. The van der Waals surface area contributed by atoms with Crippen LogP contribution < -0.4 is 15.4 Å². The van der Waals surface area contributed by atoms with Crippen LogP contribution in [0.15, 0.2) is 24.3 Å². The van der Waals surface area contributed by atoms with E-state index in [1.54, 1.807) is 24.3 Å². The minimum atomic E-state index is -3.36. The van der Waals surface area contributed by atoms with Crippen molar-refractivity contribution in [2.24, 2.45) is 0 Å². The van der Waals surface area contributed by atoms with E-state index in [4.69, 9.17) is 0 Å². The third kappa shape index (κ3) is 7.33. The molecule has 0 spiro atoms. The summed E-state index contributed by atoms with van der Waals surface area (Å²) < 4.78 is 26.2. The molecule has 1 aromatic carbocycles. The van der Waals surface area contributed by atoms with Gasteiger partial charge in [-0.1, -0.05) is 38.7 Å². The number of nitrogens with one attached hydrogen (secondary N) is 3. The fraction of sp³-hybridized carbons (Fsp3) is 0.632. The maximum Gasteiger partial charge on any atom is 0.251 e. The first-order chi connectivity index (χ1) is 12.5. The maximum absolute atomic E-state index is 12.3. The first-order valence-electron chi connectivity index (χ1n) is 9.62. The lowest BCUT2D eigenvalue weighted by Crippen LogP contribution is -2.36. The van der Waals surface area contributed by atoms with E-state index >= 15 is 0 Å². The molecule has 7 heteroatoms. The zero-order chi connectivity index (χ0) is 18.8. The number of hydrogen-bond donors (Lipinski definition) is 3. The summed E-state index contributed by atoms with van der Waals surface area (Å²) in [4.78, 5) is 12.3. The molecule has 6 nitrogen and oxygen atoms in total. The number of hydrogen-bond acceptors (Lipinski definition) is 4. The lowest BCUT2D eigenvalue weighted by molar-refractivity contribution is 0.0953. The molecule has 3 N–H and O–H groups in total. The second-order valence-electron chi connectivity index (χ2n) is 6.90. The van der Waals surface area contributed by atoms with Crippen molar-refractivity contribution in [3.05, 3.63) is 29.8 Å². The van der Waals surface area contributed by atoms with Crippen LogP contribution in [0.25, 0.3) is 0 Å². The third-order valence-corrected chi connectivity index (χ3v) is 6.06. The van der Waals surface area contributed by atoms with E-state index < -0.39 is 10.0 Å². The fourth-order valence-electron chi connectivity index (χ4n) is 3.26. The highest BCUT2D eigenvalue weighted by Gasteiger charge is 2.13. The van der Waals surface area contributed by atoms with E-state index in [2.05, 4.69) is 15.4 Å². The Morgan fingerprint density at radius 3 is 2.54 bits per heavy atom. The summed E-state index contributed by atoms with van der Waals surface area (Å²) in [5.41, 5.74) is 0.874. The van der Waals surface area contributed by atoms with Gasteiger partial charge in [0.15, 0.2) is 0 Å². The Kier molecular flexibility index (Phi) is 8.38. The monoisotopic (exact) mass is 381 g/mol. The van der Waals surface area contributed by atoms with Crippen molar-refractivity contribution in [3.8, 4) is 0 Å². The van der Waals surface area contributed by atoms with Crippen molar-refractivity contribution in [1.29, 1.82) is 0 Å². The molecule has 0 unspecified atom stereocenters. The second kappa shape index (κ2) is 10.5. The smallest absolute Gasteiger partial charge is 0.251 e. The van der Waals surface area contributed by atoms with Gasteiger partial charge < -0.3 is 10.6 Å². The van der Waals surface area contributed by atoms with Crippen molar-refractivity contribution < 1.29 is 13.2 Å². The minimum absolute atomic E-state index is 0.0657. The molecule has 1 fully saturated rings. The predicted octanol–water partition coefficient (Wildman–Crippen LogP) is 2.88. The molecule has 0 aromatic heterocycles. The number of rotatable bonds is 9. The van der Waals surface area contributed by atoms with Gasteiger partial charge >= 0.3 is 0 Å². The van der Waals surface area contributed by atoms with Gasteiger partial charge in [0.2, 0.25) is 10.0 Å². The van der Waals surface area contributed by atoms with Crippen molar-refractivity contribution in [2.75, 3.05) is 23.6 Å². The molecule has 2 rings (SSSR count). The normalized spacial score (nSPS) is 16.0. The molecule has 0 atom stereocenters. The van der Waals surface area contributed by atoms with Crippen molar-refractivity contribution in [2.45, 2.75) is 57.9 Å². The Morgan fingerprint density at radius 2 is 1.85 bits per heavy atom. The summed E-state index contributed by atoms with van der Waals surface area (Å²) in [5, 5.41) is 6.41. The van der Waals surface area contributed by atoms with Crippen molar-refractivity contribution in [1.82, 2.24) is 10.6 Å². The van der Waals surface area contributed by atoms with E-state index in [1.165, 1.54) is 38.5 Å². The standard InChI is InChI=1S/C19H31N3O3S/c1-2-14-26(24,25)22-18-11-7-8-16(15-18)19(23)21-13-12-20-17-9-5-3-4-6-10-17/h7-8,11,15,17,20,22H,2-6,9-10,12-14H2,1H3,(H,21,23). The Balaban J connectivity index is 1.79. The highest BCUT2D eigenvalue weighted by Crippen LogP contribution is 2.17. The van der Waals surface area contributed by atoms with Gasteiger partial charge in [0.25, 0.3) is 5.91 Å². The van der Waals surface area contributed by atoms with Crippen LogP contribution in [0.3, 0.4) is 0 Å². The average Bonchev–Trinajstić information content (AvgIpc) is 2.87. The number of sulfonamides is 1. The molecule has 26 heavy (non-hydrogen) atoms. The zero-order valence-electron chi connectivity index (χ0n) is 15.6. The van der Waals surface area contributed by atoms with E-state index in [9.17, 15) is 13.2 Å². The summed E-state index contributed by atoms with van der Waals surface area (Å²) in [6, 6.07) is 7.15. The number of anilines is 1. The molecule has 1 aromatic rings. The van der Waals surface area contributed by atoms with Gasteiger partial charge in [0, 0.05) is 30.4 Å². The van der Waals surface area contributed by atoms with Crippen molar-refractivity contribution in [3.63, 3.8) is 0 Å². The number of amides is 1. The fourth-order valence-corrected chi connectivity index (χ4v) is 4.39. The van der Waals surface area contributed by atoms with Crippen LogP contribution in [0.4, 0.5) is 5.69 Å². The summed E-state index contributed by atoms with van der Waals surface area (Å²) in [5.74, 6) is -0.125. The molecule has 146 valence electrons. The third-order valence-electron chi connectivity index (χ3n) is 4.57. The number of carbonyl (C=O) groups excluding carboxylic acids is 1. The molecule has 1 aliphatic rings. The molecule has 1 amide bonds. The van der Waals surface area contributed by atoms with E-state index in [0.717, 1.165) is 6.54 Å². The zero-order valence-corrected chi connectivity index (χ0v) is 16.4. The summed E-state index contributed by atoms with van der Waals surface area (Å²) in [6.45, 7) is 3.12. The maximum atomic E-state index is 12.3. The largest absolute Gasteiger partial charge is 0.351 e. The molecule has 0 bridgehead atoms. The number of benzene rings is 1. The van der Waals surface area contributed by atoms with Gasteiger partial charge in [0.05, 0.1) is 5.75 Å². The summed E-state index contributed by atoms with van der Waals surface area (Å²) in [6.07, 6.45) is 8.20. The van der Waals surface area contributed by atoms with Crippen LogP contribution in [-0.4, -0.2) is 39.2 Å². The van der Waals surface area contributed by atoms with Gasteiger partial charge in [0.1, 0.15) is 0 Å². The van der Waals surface area contributed by atoms with Gasteiger partial charge in [-0.25, -0.2) is 8.42 Å². The Bertz CT molecular complexity index is 668. The topological polar surface area (TPSA) is 87.3 Å². The molecule has 0 aliphatic heterocycles. The highest BCUT2D eigenvalue weighted by atomic mass is 32.2. The van der Waals surface area contributed by atoms with Crippen LogP contribution in [0, 0.1) is 0 Å². The predicted molar refractivity (Wildman–Crippen MR) is 106 cm³/mol. The molecular formula is C19H31N3O3S. The van der Waals surface area contributed by atoms with Gasteiger partial charge in [-0.15, -0.1) is 0 Å². The van der Waals surface area contributed by atoms with Crippen LogP contribution in [0.5, 0.6) is 0 Å². The Morgan fingerprint density at radius 1 is 1.12 bits per heavy atom. The SMILES string of the molecule is CCCS(=O)(=O)Nc1cccc(C(=O)NCCNC2CCCCCC2)c1. The molecule has 1 aliphatic carbocycles. The lowest BCUT2D eigenvalue weighted by Gasteiger charge is -2.16. The van der Waals surface area contributed by atoms with E-state index in [-0.39, 0.29) is 11.7 Å². The van der Waals surface area contributed by atoms with Gasteiger partial charge in [-0.3, -0.25) is 9.52 Å². The summed E-state index contributed by atoms with van der Waals surface area (Å²) >= 11 is 0. The van der Waals surface area contributed by atoms with Crippen LogP contribution in [-0.2, 0) is 10.0 Å². The molecule has 0 heterocycles. The van der Waals surface area contributed by atoms with Crippen LogP contribution in [0.1, 0.15) is 62.2 Å². The van der Waals surface area contributed by atoms with E-state index in [0.29, 0.717) is 30.3 Å². The minimum Gasteiger partial charge on any atom is -0.351 e. The van der Waals surface area contributed by atoms with E-state index in [1.807, 2.05) is 6.92 Å². The molecule has 0 radical (unpaired) electrons. The Labute approximate surface area is 157 Å². The van der Waals surface area contributed by atoms with Gasteiger partial charge in [-0.2, -0.15) is 0 Å². The molecular weight excluding hydrogens is 350 g/mol. The second-order valence-corrected chi connectivity index (χ2v) is 8.74. The van der Waals surface area contributed by atoms with Crippen LogP contribution in [0.2, 0.25) is 0 Å². The summed E-state index contributed by atoms with van der Waals surface area (Å²) in [7, 11) is -3.36. The van der Waals surface area contributed by atoms with Gasteiger partial charge in [-0.05, 0) is 37.5 Å². The highest BCUT2D eigenvalue weighted by molar-refractivity contribution is 7.92. The number of carbonyl (C=O) groups is 1. The lowest BCUT2D eigenvalue weighted by atomic mass is 10.1. The average molecular weight is 382 g/mol.